The first kappa shape index (κ1) is 23.2. The Kier molecular flexibility index (Phi) is 7.69. The Balaban J connectivity index is 1.82. The van der Waals surface area contributed by atoms with E-state index in [0.717, 1.165) is 18.2 Å². The van der Waals surface area contributed by atoms with E-state index in [-0.39, 0.29) is 36.0 Å². The molecule has 10 heteroatoms. The summed E-state index contributed by atoms with van der Waals surface area (Å²) in [4.78, 5) is 6.71. The Labute approximate surface area is 180 Å². The van der Waals surface area contributed by atoms with Crippen molar-refractivity contribution in [2.24, 2.45) is 10.7 Å². The van der Waals surface area contributed by atoms with Crippen LogP contribution in [0, 0.1) is 22.5 Å². The summed E-state index contributed by atoms with van der Waals surface area (Å²) in [6.07, 6.45) is 0.290. The molecule has 3 unspecified atom stereocenters. The van der Waals surface area contributed by atoms with Crippen LogP contribution in [0.4, 0.5) is 8.78 Å². The van der Waals surface area contributed by atoms with Gasteiger partial charge in [0.2, 0.25) is 0 Å². The molecule has 0 saturated carbocycles. The Morgan fingerprint density at radius 3 is 2.84 bits per heavy atom. The Morgan fingerprint density at radius 2 is 2.13 bits per heavy atom. The third kappa shape index (κ3) is 5.44. The van der Waals surface area contributed by atoms with E-state index in [4.69, 9.17) is 31.0 Å². The van der Waals surface area contributed by atoms with Gasteiger partial charge >= 0.3 is 0 Å². The predicted octanol–water partition coefficient (Wildman–Crippen LogP) is 2.20. The fourth-order valence-electron chi connectivity index (χ4n) is 4.16. The number of ether oxygens (including phenoxy) is 2. The van der Waals surface area contributed by atoms with Crippen molar-refractivity contribution in [2.45, 2.75) is 50.9 Å². The van der Waals surface area contributed by atoms with Crippen molar-refractivity contribution in [1.29, 1.82) is 10.8 Å². The number of likely N-dealkylation sites (N-methyl/N-ethyl adjacent to an activating group) is 1. The number of amidine groups is 1. The highest BCUT2D eigenvalue weighted by Gasteiger charge is 2.38. The van der Waals surface area contributed by atoms with Crippen molar-refractivity contribution in [2.75, 3.05) is 26.2 Å². The lowest BCUT2D eigenvalue weighted by atomic mass is 9.94. The fourth-order valence-corrected chi connectivity index (χ4v) is 4.16. The molecule has 2 heterocycles. The molecule has 1 aromatic carbocycles. The number of hydrogen-bond acceptors (Lipinski definition) is 8. The van der Waals surface area contributed by atoms with E-state index in [1.165, 1.54) is 6.92 Å². The van der Waals surface area contributed by atoms with Crippen LogP contribution in [-0.4, -0.2) is 66.9 Å². The summed E-state index contributed by atoms with van der Waals surface area (Å²) in [5, 5.41) is 19.0. The number of nitrogens with zero attached hydrogens (tertiary/aromatic N) is 2. The topological polar surface area (TPSA) is 120 Å². The van der Waals surface area contributed by atoms with Crippen LogP contribution in [0.1, 0.15) is 38.4 Å². The van der Waals surface area contributed by atoms with Crippen molar-refractivity contribution in [3.63, 3.8) is 0 Å². The zero-order valence-corrected chi connectivity index (χ0v) is 17.8. The van der Waals surface area contributed by atoms with Gasteiger partial charge in [-0.3, -0.25) is 15.8 Å². The molecule has 0 aliphatic carbocycles. The van der Waals surface area contributed by atoms with Crippen LogP contribution in [0.3, 0.4) is 0 Å². The Morgan fingerprint density at radius 1 is 1.35 bits per heavy atom. The minimum Gasteiger partial charge on any atom is -0.422 e. The summed E-state index contributed by atoms with van der Waals surface area (Å²) in [6, 6.07) is 2.58. The summed E-state index contributed by atoms with van der Waals surface area (Å²) in [7, 11) is 0. The first-order valence-corrected chi connectivity index (χ1v) is 10.5. The van der Waals surface area contributed by atoms with Gasteiger partial charge in [-0.15, -0.1) is 0 Å². The lowest BCUT2D eigenvalue weighted by Gasteiger charge is -2.29. The highest BCUT2D eigenvalue weighted by Crippen LogP contribution is 2.29. The molecule has 0 bridgehead atoms. The van der Waals surface area contributed by atoms with Gasteiger partial charge in [0.15, 0.2) is 11.7 Å². The standard InChI is InChI=1S/C21H30F2N6O2/c1-3-29-18-11-27-8-9-30-19(14-10-13(22)4-5-15(14)23)16(25)6-7-17(18)28-21(29)20(26)31-12(2)24/h4-5,10,16-19,24,26-27H,3,6-9,11,25H2,1-2H3/t16?,17?,18?,19-/m1/s1. The minimum absolute atomic E-state index is 0.00959. The molecule has 0 spiro atoms. The van der Waals surface area contributed by atoms with Crippen LogP contribution in [0.2, 0.25) is 0 Å². The van der Waals surface area contributed by atoms with E-state index in [0.29, 0.717) is 38.3 Å². The predicted molar refractivity (Wildman–Crippen MR) is 115 cm³/mol. The lowest BCUT2D eigenvalue weighted by Crippen LogP contribution is -2.48. The fraction of sp³-hybridized carbons (Fsp3) is 0.571. The van der Waals surface area contributed by atoms with Gasteiger partial charge in [-0.05, 0) is 38.0 Å². The number of benzene rings is 1. The normalized spacial score (nSPS) is 27.1. The largest absolute Gasteiger partial charge is 0.422 e. The highest BCUT2D eigenvalue weighted by atomic mass is 19.1. The third-order valence-electron chi connectivity index (χ3n) is 5.58. The molecule has 2 aliphatic rings. The van der Waals surface area contributed by atoms with Gasteiger partial charge in [-0.1, -0.05) is 0 Å². The molecular formula is C21H30F2N6O2. The van der Waals surface area contributed by atoms with E-state index in [1.54, 1.807) is 0 Å². The number of aliphatic imine (C=N–C) groups is 1. The maximum Gasteiger partial charge on any atom is 0.256 e. The van der Waals surface area contributed by atoms with Crippen LogP contribution >= 0.6 is 0 Å². The number of fused-ring (bicyclic) bond motifs is 1. The molecule has 3 rings (SSSR count). The molecule has 8 nitrogen and oxygen atoms in total. The van der Waals surface area contributed by atoms with Crippen molar-refractivity contribution >= 4 is 17.6 Å². The van der Waals surface area contributed by atoms with Crippen LogP contribution in [0.5, 0.6) is 0 Å². The van der Waals surface area contributed by atoms with Gasteiger partial charge in [-0.2, -0.15) is 0 Å². The van der Waals surface area contributed by atoms with Gasteiger partial charge in [0, 0.05) is 38.2 Å². The quantitative estimate of drug-likeness (QED) is 0.428. The number of hydrogen-bond donors (Lipinski definition) is 4. The number of halogens is 2. The van der Waals surface area contributed by atoms with Gasteiger partial charge < -0.3 is 25.4 Å². The first-order chi connectivity index (χ1) is 14.8. The number of rotatable bonds is 3. The average molecular weight is 437 g/mol. The van der Waals surface area contributed by atoms with Crippen LogP contribution in [-0.2, 0) is 9.47 Å². The maximum atomic E-state index is 14.4. The van der Waals surface area contributed by atoms with Gasteiger partial charge in [0.25, 0.3) is 5.90 Å². The lowest BCUT2D eigenvalue weighted by molar-refractivity contribution is 0.0321. The summed E-state index contributed by atoms with van der Waals surface area (Å²) in [5.74, 6) is -0.894. The summed E-state index contributed by atoms with van der Waals surface area (Å²) in [5.41, 5.74) is 6.51. The average Bonchev–Trinajstić information content (AvgIpc) is 3.06. The molecule has 0 amide bonds. The monoisotopic (exact) mass is 436 g/mol. The SMILES string of the molecule is CCN1C(C(=N)OC(C)=N)=NC2CCC(N)[C@@H](c3cc(F)ccc3F)OCCNCC21. The molecule has 1 saturated heterocycles. The van der Waals surface area contributed by atoms with E-state index in [1.807, 2.05) is 11.8 Å². The second-order valence-electron chi connectivity index (χ2n) is 7.76. The van der Waals surface area contributed by atoms with Crippen molar-refractivity contribution in [3.8, 4) is 0 Å². The molecule has 4 atom stereocenters. The van der Waals surface area contributed by atoms with Gasteiger partial charge in [-0.25, -0.2) is 8.78 Å². The van der Waals surface area contributed by atoms with Gasteiger partial charge in [0.1, 0.15) is 17.7 Å². The zero-order valence-electron chi connectivity index (χ0n) is 17.8. The van der Waals surface area contributed by atoms with E-state index >= 15 is 0 Å². The van der Waals surface area contributed by atoms with Crippen molar-refractivity contribution in [1.82, 2.24) is 10.2 Å². The zero-order chi connectivity index (χ0) is 22.5. The second-order valence-corrected chi connectivity index (χ2v) is 7.76. The van der Waals surface area contributed by atoms with Crippen LogP contribution in [0.25, 0.3) is 0 Å². The van der Waals surface area contributed by atoms with E-state index in [9.17, 15) is 8.78 Å². The molecule has 2 aliphatic heterocycles. The van der Waals surface area contributed by atoms with Crippen LogP contribution in [0.15, 0.2) is 23.2 Å². The van der Waals surface area contributed by atoms with E-state index in [2.05, 4.69) is 5.32 Å². The second kappa shape index (κ2) is 10.3. The minimum atomic E-state index is -0.775. The molecule has 170 valence electrons. The first-order valence-electron chi connectivity index (χ1n) is 10.5. The van der Waals surface area contributed by atoms with Crippen molar-refractivity contribution < 1.29 is 18.3 Å². The van der Waals surface area contributed by atoms with Crippen LogP contribution < -0.4 is 11.1 Å². The molecule has 0 radical (unpaired) electrons. The molecule has 31 heavy (non-hydrogen) atoms. The Bertz CT molecular complexity index is 849. The smallest absolute Gasteiger partial charge is 0.256 e. The third-order valence-corrected chi connectivity index (χ3v) is 5.58. The molecular weight excluding hydrogens is 406 g/mol. The highest BCUT2D eigenvalue weighted by molar-refractivity contribution is 6.38. The summed E-state index contributed by atoms with van der Waals surface area (Å²) in [6.45, 7) is 5.48. The molecule has 1 aromatic rings. The van der Waals surface area contributed by atoms with Gasteiger partial charge in [0.05, 0.1) is 18.7 Å². The summed E-state index contributed by atoms with van der Waals surface area (Å²) >= 11 is 0. The van der Waals surface area contributed by atoms with E-state index < -0.39 is 23.8 Å². The maximum absolute atomic E-state index is 14.4. The Hall–Kier alpha value is -2.43. The summed E-state index contributed by atoms with van der Waals surface area (Å²) < 4.78 is 39.2. The van der Waals surface area contributed by atoms with Crippen molar-refractivity contribution in [3.05, 3.63) is 35.4 Å². The molecule has 1 fully saturated rings. The number of nitrogens with two attached hydrogens (primary N) is 1. The number of nitrogens with one attached hydrogen (secondary N) is 3. The molecule has 0 aromatic heterocycles. The molecule has 5 N–H and O–H groups in total.